The van der Waals surface area contributed by atoms with Gasteiger partial charge < -0.3 is 19.9 Å². The van der Waals surface area contributed by atoms with Crippen molar-refractivity contribution in [3.63, 3.8) is 0 Å². The number of pyridine rings is 1. The lowest BCUT2D eigenvalue weighted by Gasteiger charge is -2.35. The summed E-state index contributed by atoms with van der Waals surface area (Å²) in [6.45, 7) is 2.64. The molecule has 0 aliphatic carbocycles. The molecule has 8 heteroatoms. The largest absolute Gasteiger partial charge is 0.402 e. The van der Waals surface area contributed by atoms with Crippen LogP contribution in [0.5, 0.6) is 0 Å². The van der Waals surface area contributed by atoms with E-state index in [-0.39, 0.29) is 0 Å². The average Bonchev–Trinajstić information content (AvgIpc) is 3.20. The van der Waals surface area contributed by atoms with Gasteiger partial charge in [-0.3, -0.25) is 5.41 Å². The molecule has 0 saturated carbocycles. The van der Waals surface area contributed by atoms with Crippen molar-refractivity contribution in [2.45, 2.75) is 0 Å². The predicted molar refractivity (Wildman–Crippen MR) is 123 cm³/mol. The molecule has 0 spiro atoms. The van der Waals surface area contributed by atoms with Crippen LogP contribution in [-0.2, 0) is 9.53 Å². The van der Waals surface area contributed by atoms with E-state index in [4.69, 9.17) is 10.1 Å². The van der Waals surface area contributed by atoms with Gasteiger partial charge in [0.2, 0.25) is 5.90 Å². The highest BCUT2D eigenvalue weighted by atomic mass is 16.6. The summed E-state index contributed by atoms with van der Waals surface area (Å²) >= 11 is 0. The first-order valence-corrected chi connectivity index (χ1v) is 10.4. The van der Waals surface area contributed by atoms with Gasteiger partial charge in [0.05, 0.1) is 0 Å². The van der Waals surface area contributed by atoms with E-state index in [0.717, 1.165) is 16.3 Å². The normalized spacial score (nSPS) is 17.4. The number of guanidine groups is 1. The number of carbonyl (C=O) groups excluding carboxylic acids is 1. The minimum Gasteiger partial charge on any atom is -0.402 e. The molecule has 2 aliphatic heterocycles. The third kappa shape index (κ3) is 4.15. The third-order valence-corrected chi connectivity index (χ3v) is 5.46. The van der Waals surface area contributed by atoms with Crippen LogP contribution < -0.4 is 5.32 Å². The van der Waals surface area contributed by atoms with Gasteiger partial charge in [0, 0.05) is 44.1 Å². The number of esters is 1. The summed E-state index contributed by atoms with van der Waals surface area (Å²) in [6, 6.07) is 19.5. The van der Waals surface area contributed by atoms with E-state index in [1.54, 1.807) is 12.4 Å². The number of hydrogen-bond acceptors (Lipinski definition) is 6. The summed E-state index contributed by atoms with van der Waals surface area (Å²) in [4.78, 5) is 25.0. The van der Waals surface area contributed by atoms with Crippen molar-refractivity contribution in [3.8, 4) is 0 Å². The number of ether oxygens (including phenoxy) is 1. The lowest BCUT2D eigenvalue weighted by atomic mass is 10.1. The van der Waals surface area contributed by atoms with Gasteiger partial charge in [-0.05, 0) is 35.0 Å². The summed E-state index contributed by atoms with van der Waals surface area (Å²) in [5.74, 6) is 0.839. The van der Waals surface area contributed by atoms with Crippen molar-refractivity contribution in [1.82, 2.24) is 14.8 Å². The maximum Gasteiger partial charge on any atom is 0.365 e. The molecule has 32 heavy (non-hydrogen) atoms. The maximum atomic E-state index is 12.4. The second-order valence-electron chi connectivity index (χ2n) is 7.59. The summed E-state index contributed by atoms with van der Waals surface area (Å²) in [5, 5.41) is 13.5. The molecule has 0 amide bonds. The highest BCUT2D eigenvalue weighted by Gasteiger charge is 2.26. The van der Waals surface area contributed by atoms with Gasteiger partial charge in [0.25, 0.3) is 0 Å². The molecule has 0 radical (unpaired) electrons. The number of benzene rings is 2. The number of aromatic nitrogens is 1. The topological polar surface area (TPSA) is 93.9 Å². The summed E-state index contributed by atoms with van der Waals surface area (Å²) in [5.41, 5.74) is 1.07. The van der Waals surface area contributed by atoms with Crippen LogP contribution in [0.15, 0.2) is 83.7 Å². The van der Waals surface area contributed by atoms with Crippen molar-refractivity contribution >= 4 is 34.4 Å². The zero-order valence-corrected chi connectivity index (χ0v) is 17.4. The molecule has 3 heterocycles. The molecule has 0 atom stereocenters. The highest BCUT2D eigenvalue weighted by Crippen LogP contribution is 2.21. The number of hydrogen-bond donors (Lipinski definition) is 2. The maximum absolute atomic E-state index is 12.4. The molecule has 160 valence electrons. The van der Waals surface area contributed by atoms with Crippen LogP contribution in [0.4, 0.5) is 5.82 Å². The average molecular weight is 426 g/mol. The van der Waals surface area contributed by atoms with Gasteiger partial charge in [-0.15, -0.1) is 0 Å². The molecule has 3 aromatic rings. The molecule has 1 saturated heterocycles. The Morgan fingerprint density at radius 2 is 1.78 bits per heavy atom. The van der Waals surface area contributed by atoms with Crippen LogP contribution in [0.2, 0.25) is 0 Å². The number of cyclic esters (lactones) is 1. The van der Waals surface area contributed by atoms with Gasteiger partial charge in [-0.25, -0.2) is 14.8 Å². The van der Waals surface area contributed by atoms with E-state index in [1.807, 2.05) is 70.5 Å². The Kier molecular flexibility index (Phi) is 5.25. The van der Waals surface area contributed by atoms with E-state index in [2.05, 4.69) is 15.3 Å². The minimum atomic E-state index is -0.444. The third-order valence-electron chi connectivity index (χ3n) is 5.46. The Balaban J connectivity index is 1.23. The fourth-order valence-electron chi connectivity index (χ4n) is 3.73. The standard InChI is InChI=1S/C24H22N6O2/c25-24(28-21-7-3-4-10-26-21)30-13-11-29(12-14-30)16-20-23(31)32-22(27-20)19-9-8-17-5-1-2-6-18(17)15-19/h1-10,15-16H,11-14H2,(H2,25,26,28)/b20-16+. The fourth-order valence-corrected chi connectivity index (χ4v) is 3.73. The molecule has 2 aromatic carbocycles. The Morgan fingerprint density at radius 3 is 2.56 bits per heavy atom. The van der Waals surface area contributed by atoms with Gasteiger partial charge in [-0.1, -0.05) is 36.4 Å². The lowest BCUT2D eigenvalue weighted by molar-refractivity contribution is -0.130. The number of aliphatic imine (C=N–C) groups is 1. The SMILES string of the molecule is N=C(Nc1ccccn1)N1CCN(/C=C2/N=C(c3ccc4ccccc4c3)OC2=O)CC1. The van der Waals surface area contributed by atoms with Gasteiger partial charge in [0.1, 0.15) is 5.82 Å². The number of fused-ring (bicyclic) bond motifs is 1. The Labute approximate surface area is 185 Å². The Morgan fingerprint density at radius 1 is 1.00 bits per heavy atom. The van der Waals surface area contributed by atoms with Crippen LogP contribution >= 0.6 is 0 Å². The molecular weight excluding hydrogens is 404 g/mol. The smallest absolute Gasteiger partial charge is 0.365 e. The van der Waals surface area contributed by atoms with Crippen molar-refractivity contribution in [2.75, 3.05) is 31.5 Å². The quantitative estimate of drug-likeness (QED) is 0.289. The fraction of sp³-hybridized carbons (Fsp3) is 0.167. The van der Waals surface area contributed by atoms with Crippen molar-refractivity contribution in [2.24, 2.45) is 4.99 Å². The molecule has 0 unspecified atom stereocenters. The van der Waals surface area contributed by atoms with E-state index >= 15 is 0 Å². The molecule has 2 aliphatic rings. The van der Waals surface area contributed by atoms with Gasteiger partial charge in [-0.2, -0.15) is 0 Å². The van der Waals surface area contributed by atoms with E-state index in [0.29, 0.717) is 49.6 Å². The highest BCUT2D eigenvalue weighted by molar-refractivity contribution is 6.12. The monoisotopic (exact) mass is 426 g/mol. The number of piperazine rings is 1. The van der Waals surface area contributed by atoms with Crippen LogP contribution in [-0.4, -0.2) is 58.8 Å². The molecule has 8 nitrogen and oxygen atoms in total. The molecule has 2 N–H and O–H groups in total. The number of carbonyl (C=O) groups is 1. The zero-order chi connectivity index (χ0) is 21.9. The second-order valence-corrected chi connectivity index (χ2v) is 7.59. The summed E-state index contributed by atoms with van der Waals surface area (Å²) < 4.78 is 5.43. The molecule has 0 bridgehead atoms. The van der Waals surface area contributed by atoms with Crippen LogP contribution in [0.3, 0.4) is 0 Å². The first kappa shape index (κ1) is 19.7. The van der Waals surface area contributed by atoms with Gasteiger partial charge >= 0.3 is 5.97 Å². The number of anilines is 1. The van der Waals surface area contributed by atoms with Crippen LogP contribution in [0, 0.1) is 5.41 Å². The Bertz CT molecular complexity index is 1230. The lowest BCUT2D eigenvalue weighted by Crippen LogP contribution is -2.48. The van der Waals surface area contributed by atoms with E-state index in [9.17, 15) is 4.79 Å². The van der Waals surface area contributed by atoms with Crippen molar-refractivity contribution < 1.29 is 9.53 Å². The number of rotatable bonds is 3. The van der Waals surface area contributed by atoms with Gasteiger partial charge in [0.15, 0.2) is 11.7 Å². The first-order chi connectivity index (χ1) is 15.7. The zero-order valence-electron chi connectivity index (χ0n) is 17.4. The Hall–Kier alpha value is -4.20. The molecule has 5 rings (SSSR count). The predicted octanol–water partition coefficient (Wildman–Crippen LogP) is 3.04. The van der Waals surface area contributed by atoms with E-state index in [1.165, 1.54) is 0 Å². The minimum absolute atomic E-state index is 0.295. The molecule has 1 aromatic heterocycles. The number of nitrogens with zero attached hydrogens (tertiary/aromatic N) is 4. The summed E-state index contributed by atoms with van der Waals surface area (Å²) in [6.07, 6.45) is 3.44. The molecule has 1 fully saturated rings. The van der Waals surface area contributed by atoms with Crippen LogP contribution in [0.25, 0.3) is 10.8 Å². The van der Waals surface area contributed by atoms with Crippen molar-refractivity contribution in [1.29, 1.82) is 5.41 Å². The first-order valence-electron chi connectivity index (χ1n) is 10.4. The number of nitrogens with one attached hydrogen (secondary N) is 2. The van der Waals surface area contributed by atoms with Crippen molar-refractivity contribution in [3.05, 3.63) is 84.3 Å². The molecular formula is C24H22N6O2. The summed E-state index contributed by atoms with van der Waals surface area (Å²) in [7, 11) is 0. The van der Waals surface area contributed by atoms with E-state index < -0.39 is 5.97 Å². The second kappa shape index (κ2) is 8.50. The van der Waals surface area contributed by atoms with Crippen LogP contribution in [0.1, 0.15) is 5.56 Å².